The molecule has 6 atom stereocenters. The SMILES string of the molecule is CO[C@H](C)CCC[C@@H](/C=C/[C@@H]1[C@@H](CCCCCCC(=O)O)[C@H](Cl)C[C@H]1O)OC. The predicted molar refractivity (Wildman–Crippen MR) is 113 cm³/mol. The molecule has 2 N–H and O–H groups in total. The highest BCUT2D eigenvalue weighted by molar-refractivity contribution is 6.21. The van der Waals surface area contributed by atoms with Gasteiger partial charge < -0.3 is 19.7 Å². The number of carbonyl (C=O) groups is 1. The highest BCUT2D eigenvalue weighted by Gasteiger charge is 2.39. The van der Waals surface area contributed by atoms with Gasteiger partial charge in [0.2, 0.25) is 0 Å². The highest BCUT2D eigenvalue weighted by Crippen LogP contribution is 2.40. The molecule has 1 aliphatic rings. The number of ether oxygens (including phenoxy) is 2. The molecule has 0 radical (unpaired) electrons. The summed E-state index contributed by atoms with van der Waals surface area (Å²) in [6.45, 7) is 2.07. The van der Waals surface area contributed by atoms with E-state index in [2.05, 4.69) is 19.1 Å². The molecule has 0 amide bonds. The fourth-order valence-corrected chi connectivity index (χ4v) is 4.49. The number of unbranched alkanes of at least 4 members (excludes halogenated alkanes) is 3. The summed E-state index contributed by atoms with van der Waals surface area (Å²) in [7, 11) is 3.45. The van der Waals surface area contributed by atoms with Crippen molar-refractivity contribution in [2.24, 2.45) is 11.8 Å². The van der Waals surface area contributed by atoms with Crippen LogP contribution in [0.3, 0.4) is 0 Å². The number of aliphatic carboxylic acids is 1. The number of rotatable bonds is 15. The molecule has 1 rings (SSSR count). The maximum absolute atomic E-state index is 10.6. The number of aliphatic hydroxyl groups is 1. The Hall–Kier alpha value is -0.620. The van der Waals surface area contributed by atoms with Crippen molar-refractivity contribution in [2.75, 3.05) is 14.2 Å². The molecular formula is C22H39ClO5. The Morgan fingerprint density at radius 1 is 1.14 bits per heavy atom. The molecule has 0 heterocycles. The molecule has 1 aliphatic carbocycles. The molecule has 28 heavy (non-hydrogen) atoms. The Labute approximate surface area is 175 Å². The van der Waals surface area contributed by atoms with Crippen LogP contribution >= 0.6 is 11.6 Å². The van der Waals surface area contributed by atoms with E-state index in [0.717, 1.165) is 51.4 Å². The van der Waals surface area contributed by atoms with Crippen molar-refractivity contribution in [3.63, 3.8) is 0 Å². The summed E-state index contributed by atoms with van der Waals surface area (Å²) in [5, 5.41) is 19.1. The summed E-state index contributed by atoms with van der Waals surface area (Å²) >= 11 is 6.52. The number of alkyl halides is 1. The number of halogens is 1. The first kappa shape index (κ1) is 25.4. The lowest BCUT2D eigenvalue weighted by Crippen LogP contribution is -2.20. The molecule has 0 unspecified atom stereocenters. The van der Waals surface area contributed by atoms with Crippen LogP contribution in [0.15, 0.2) is 12.2 Å². The van der Waals surface area contributed by atoms with Gasteiger partial charge in [-0.15, -0.1) is 11.6 Å². The van der Waals surface area contributed by atoms with Crippen molar-refractivity contribution in [3.05, 3.63) is 12.2 Å². The lowest BCUT2D eigenvalue weighted by molar-refractivity contribution is -0.137. The average Bonchev–Trinajstić information content (AvgIpc) is 2.93. The number of hydrogen-bond donors (Lipinski definition) is 2. The zero-order chi connectivity index (χ0) is 20.9. The summed E-state index contributed by atoms with van der Waals surface area (Å²) in [4.78, 5) is 10.6. The van der Waals surface area contributed by atoms with Crippen LogP contribution in [-0.2, 0) is 14.3 Å². The maximum Gasteiger partial charge on any atom is 0.303 e. The third kappa shape index (κ3) is 9.73. The van der Waals surface area contributed by atoms with Gasteiger partial charge >= 0.3 is 5.97 Å². The normalized spacial score (nSPS) is 27.3. The maximum atomic E-state index is 10.6. The highest BCUT2D eigenvalue weighted by atomic mass is 35.5. The van der Waals surface area contributed by atoms with Gasteiger partial charge in [-0.2, -0.15) is 0 Å². The van der Waals surface area contributed by atoms with Gasteiger partial charge in [0.15, 0.2) is 0 Å². The van der Waals surface area contributed by atoms with Crippen molar-refractivity contribution in [1.82, 2.24) is 0 Å². The van der Waals surface area contributed by atoms with Gasteiger partial charge in [0.05, 0.1) is 18.3 Å². The fraction of sp³-hybridized carbons (Fsp3) is 0.864. The smallest absolute Gasteiger partial charge is 0.303 e. The predicted octanol–water partition coefficient (Wildman–Crippen LogP) is 4.79. The molecule has 6 heteroatoms. The van der Waals surface area contributed by atoms with Crippen LogP contribution in [0, 0.1) is 11.8 Å². The summed E-state index contributed by atoms with van der Waals surface area (Å²) < 4.78 is 10.9. The first-order chi connectivity index (χ1) is 13.4. The van der Waals surface area contributed by atoms with Gasteiger partial charge in [0.1, 0.15) is 0 Å². The summed E-state index contributed by atoms with van der Waals surface area (Å²) in [5.41, 5.74) is 0. The van der Waals surface area contributed by atoms with Gasteiger partial charge in [-0.05, 0) is 51.4 Å². The van der Waals surface area contributed by atoms with Gasteiger partial charge in [-0.1, -0.05) is 31.4 Å². The third-order valence-electron chi connectivity index (χ3n) is 5.90. The second kappa shape index (κ2) is 14.4. The fourth-order valence-electron chi connectivity index (χ4n) is 4.01. The van der Waals surface area contributed by atoms with Crippen LogP contribution in [0.25, 0.3) is 0 Å². The molecule has 164 valence electrons. The zero-order valence-electron chi connectivity index (χ0n) is 17.7. The Kier molecular flexibility index (Phi) is 13.0. The Morgan fingerprint density at radius 2 is 1.86 bits per heavy atom. The minimum Gasteiger partial charge on any atom is -0.481 e. The van der Waals surface area contributed by atoms with Gasteiger partial charge in [0, 0.05) is 31.9 Å². The lowest BCUT2D eigenvalue weighted by atomic mass is 9.88. The van der Waals surface area contributed by atoms with E-state index in [-0.39, 0.29) is 35.8 Å². The molecule has 0 aromatic heterocycles. The minimum atomic E-state index is -0.727. The molecule has 0 aliphatic heterocycles. The Morgan fingerprint density at radius 3 is 2.50 bits per heavy atom. The van der Waals surface area contributed by atoms with E-state index in [9.17, 15) is 9.90 Å². The first-order valence-electron chi connectivity index (χ1n) is 10.7. The molecule has 1 fully saturated rings. The monoisotopic (exact) mass is 418 g/mol. The Balaban J connectivity index is 2.45. The van der Waals surface area contributed by atoms with Gasteiger partial charge in [-0.25, -0.2) is 0 Å². The molecule has 0 saturated heterocycles. The number of hydrogen-bond acceptors (Lipinski definition) is 4. The van der Waals surface area contributed by atoms with E-state index >= 15 is 0 Å². The van der Waals surface area contributed by atoms with Crippen LogP contribution < -0.4 is 0 Å². The van der Waals surface area contributed by atoms with Crippen molar-refractivity contribution in [1.29, 1.82) is 0 Å². The van der Waals surface area contributed by atoms with Crippen LogP contribution in [-0.4, -0.2) is 54.1 Å². The molecule has 5 nitrogen and oxygen atoms in total. The van der Waals surface area contributed by atoms with Crippen LogP contribution in [0.1, 0.15) is 71.1 Å². The van der Waals surface area contributed by atoms with E-state index in [4.69, 9.17) is 26.2 Å². The number of methoxy groups -OCH3 is 2. The van der Waals surface area contributed by atoms with Crippen LogP contribution in [0.2, 0.25) is 0 Å². The molecule has 1 saturated carbocycles. The second-order valence-electron chi connectivity index (χ2n) is 8.04. The van der Waals surface area contributed by atoms with E-state index in [0.29, 0.717) is 6.42 Å². The van der Waals surface area contributed by atoms with E-state index in [1.54, 1.807) is 14.2 Å². The number of carboxylic acids is 1. The lowest BCUT2D eigenvalue weighted by Gasteiger charge is -2.21. The average molecular weight is 419 g/mol. The second-order valence-corrected chi connectivity index (χ2v) is 8.60. The number of carboxylic acid groups (broad SMARTS) is 1. The van der Waals surface area contributed by atoms with Crippen molar-refractivity contribution >= 4 is 17.6 Å². The van der Waals surface area contributed by atoms with Gasteiger partial charge in [-0.3, -0.25) is 4.79 Å². The molecule has 0 bridgehead atoms. The summed E-state index contributed by atoms with van der Waals surface area (Å²) in [6.07, 6.45) is 12.6. The van der Waals surface area contributed by atoms with Gasteiger partial charge in [0.25, 0.3) is 0 Å². The van der Waals surface area contributed by atoms with Crippen molar-refractivity contribution in [3.8, 4) is 0 Å². The first-order valence-corrected chi connectivity index (χ1v) is 11.1. The standard InChI is InChI=1S/C22H39ClO5/c1-16(27-2)9-8-10-17(28-3)13-14-19-18(20(23)15-21(19)24)11-6-4-5-7-12-22(25)26/h13-14,16-21,24H,4-12,15H2,1-3H3,(H,25,26)/b14-13+/t16-,17+,18-,19-,20-,21-/m1/s1. The number of aliphatic hydroxyl groups excluding tert-OH is 1. The Bertz CT molecular complexity index is 456. The van der Waals surface area contributed by atoms with Crippen LogP contribution in [0.4, 0.5) is 0 Å². The third-order valence-corrected chi connectivity index (χ3v) is 6.40. The molecule has 0 aromatic carbocycles. The van der Waals surface area contributed by atoms with E-state index < -0.39 is 12.1 Å². The molecular weight excluding hydrogens is 380 g/mol. The summed E-state index contributed by atoms with van der Waals surface area (Å²) in [6, 6.07) is 0. The molecule has 0 aromatic rings. The summed E-state index contributed by atoms with van der Waals surface area (Å²) in [5.74, 6) is -0.398. The minimum absolute atomic E-state index is 0.00721. The van der Waals surface area contributed by atoms with Crippen LogP contribution in [0.5, 0.6) is 0 Å². The van der Waals surface area contributed by atoms with E-state index in [1.165, 1.54) is 0 Å². The van der Waals surface area contributed by atoms with Crippen molar-refractivity contribution < 1.29 is 24.5 Å². The quantitative estimate of drug-likeness (QED) is 0.227. The topological polar surface area (TPSA) is 76.0 Å². The molecule has 0 spiro atoms. The zero-order valence-corrected chi connectivity index (χ0v) is 18.4. The van der Waals surface area contributed by atoms with Crippen molar-refractivity contribution in [2.45, 2.75) is 94.8 Å². The van der Waals surface area contributed by atoms with E-state index in [1.807, 2.05) is 0 Å². The largest absolute Gasteiger partial charge is 0.481 e.